The van der Waals surface area contributed by atoms with Gasteiger partial charge in [-0.15, -0.1) is 0 Å². The third-order valence-corrected chi connectivity index (χ3v) is 5.26. The molecule has 0 fully saturated rings. The number of aryl methyl sites for hydroxylation is 1. The molecule has 22 heavy (non-hydrogen) atoms. The SMILES string of the molecule is O=S(=O)(NC1CCCc2ccccc21)c1cccc(CO)n1. The summed E-state index contributed by atoms with van der Waals surface area (Å²) in [5, 5.41) is 9.05. The topological polar surface area (TPSA) is 79.3 Å². The normalized spacial score (nSPS) is 18.0. The Morgan fingerprint density at radius 1 is 1.18 bits per heavy atom. The van der Waals surface area contributed by atoms with Crippen LogP contribution in [0.2, 0.25) is 0 Å². The van der Waals surface area contributed by atoms with Gasteiger partial charge in [-0.3, -0.25) is 0 Å². The highest BCUT2D eigenvalue weighted by molar-refractivity contribution is 7.89. The number of pyridine rings is 1. The number of aromatic nitrogens is 1. The van der Waals surface area contributed by atoms with E-state index in [1.54, 1.807) is 12.1 Å². The van der Waals surface area contributed by atoms with Crippen LogP contribution >= 0.6 is 0 Å². The molecule has 2 N–H and O–H groups in total. The maximum absolute atomic E-state index is 12.5. The number of hydrogen-bond donors (Lipinski definition) is 2. The zero-order valence-electron chi connectivity index (χ0n) is 12.1. The van der Waals surface area contributed by atoms with Gasteiger partial charge in [-0.25, -0.2) is 18.1 Å². The highest BCUT2D eigenvalue weighted by Crippen LogP contribution is 2.30. The van der Waals surface area contributed by atoms with Crippen molar-refractivity contribution in [3.05, 3.63) is 59.3 Å². The van der Waals surface area contributed by atoms with E-state index in [0.717, 1.165) is 24.8 Å². The van der Waals surface area contributed by atoms with Crippen LogP contribution in [0.5, 0.6) is 0 Å². The van der Waals surface area contributed by atoms with Crippen molar-refractivity contribution < 1.29 is 13.5 Å². The molecule has 0 radical (unpaired) electrons. The molecular weight excluding hydrogens is 300 g/mol. The van der Waals surface area contributed by atoms with Gasteiger partial charge in [0.25, 0.3) is 10.0 Å². The lowest BCUT2D eigenvalue weighted by Crippen LogP contribution is -2.31. The summed E-state index contributed by atoms with van der Waals surface area (Å²) < 4.78 is 27.8. The fourth-order valence-electron chi connectivity index (χ4n) is 2.82. The van der Waals surface area contributed by atoms with Crippen molar-refractivity contribution in [2.24, 2.45) is 0 Å². The first kappa shape index (κ1) is 15.1. The van der Waals surface area contributed by atoms with Gasteiger partial charge in [0.1, 0.15) is 0 Å². The molecule has 0 saturated heterocycles. The molecule has 1 aliphatic rings. The Kier molecular flexibility index (Phi) is 4.24. The highest BCUT2D eigenvalue weighted by atomic mass is 32.2. The molecule has 6 heteroatoms. The number of rotatable bonds is 4. The van der Waals surface area contributed by atoms with Crippen molar-refractivity contribution >= 4 is 10.0 Å². The Balaban J connectivity index is 1.89. The first-order valence-electron chi connectivity index (χ1n) is 7.27. The summed E-state index contributed by atoms with van der Waals surface area (Å²) >= 11 is 0. The van der Waals surface area contributed by atoms with E-state index >= 15 is 0 Å². The number of benzene rings is 1. The maximum atomic E-state index is 12.5. The Hall–Kier alpha value is -1.76. The van der Waals surface area contributed by atoms with Crippen molar-refractivity contribution in [2.45, 2.75) is 36.9 Å². The average molecular weight is 318 g/mol. The van der Waals surface area contributed by atoms with E-state index in [2.05, 4.69) is 9.71 Å². The molecule has 0 aliphatic heterocycles. The lowest BCUT2D eigenvalue weighted by Gasteiger charge is -2.26. The molecule has 1 aromatic carbocycles. The van der Waals surface area contributed by atoms with Gasteiger partial charge in [0.15, 0.2) is 5.03 Å². The third-order valence-electron chi connectivity index (χ3n) is 3.89. The molecule has 0 bridgehead atoms. The molecule has 1 heterocycles. The standard InChI is InChI=1S/C16H18N2O3S/c19-11-13-7-4-10-16(17-13)22(20,21)18-15-9-3-6-12-5-1-2-8-14(12)15/h1-2,4-5,7-8,10,15,18-19H,3,6,9,11H2. The number of aliphatic hydroxyl groups excluding tert-OH is 1. The van der Waals surface area contributed by atoms with E-state index in [9.17, 15) is 8.42 Å². The number of nitrogens with one attached hydrogen (secondary N) is 1. The van der Waals surface area contributed by atoms with Crippen LogP contribution < -0.4 is 4.72 Å². The highest BCUT2D eigenvalue weighted by Gasteiger charge is 2.26. The minimum absolute atomic E-state index is 0.0536. The first-order valence-corrected chi connectivity index (χ1v) is 8.75. The lowest BCUT2D eigenvalue weighted by atomic mass is 9.88. The summed E-state index contributed by atoms with van der Waals surface area (Å²) in [5.74, 6) is 0. The van der Waals surface area contributed by atoms with Crippen LogP contribution in [-0.2, 0) is 23.1 Å². The fraction of sp³-hybridized carbons (Fsp3) is 0.312. The number of sulfonamides is 1. The molecule has 1 aromatic heterocycles. The zero-order chi connectivity index (χ0) is 15.6. The summed E-state index contributed by atoms with van der Waals surface area (Å²) in [6.45, 7) is -0.282. The molecule has 0 amide bonds. The minimum Gasteiger partial charge on any atom is -0.390 e. The molecule has 1 aliphatic carbocycles. The lowest BCUT2D eigenvalue weighted by molar-refractivity contribution is 0.276. The molecule has 0 saturated carbocycles. The third kappa shape index (κ3) is 3.04. The number of aliphatic hydroxyl groups is 1. The number of hydrogen-bond acceptors (Lipinski definition) is 4. The molecule has 3 rings (SSSR count). The van der Waals surface area contributed by atoms with Crippen molar-refractivity contribution in [2.75, 3.05) is 0 Å². The second kappa shape index (κ2) is 6.16. The van der Waals surface area contributed by atoms with Crippen LogP contribution in [0, 0.1) is 0 Å². The largest absolute Gasteiger partial charge is 0.390 e. The van der Waals surface area contributed by atoms with Gasteiger partial charge < -0.3 is 5.11 Å². The molecule has 5 nitrogen and oxygen atoms in total. The Morgan fingerprint density at radius 2 is 2.00 bits per heavy atom. The number of nitrogens with zero attached hydrogens (tertiary/aromatic N) is 1. The monoisotopic (exact) mass is 318 g/mol. The van der Waals surface area contributed by atoms with Gasteiger partial charge >= 0.3 is 0 Å². The Morgan fingerprint density at radius 3 is 2.82 bits per heavy atom. The first-order chi connectivity index (χ1) is 10.6. The van der Waals surface area contributed by atoms with Gasteiger partial charge in [0, 0.05) is 6.04 Å². The van der Waals surface area contributed by atoms with Crippen molar-refractivity contribution in [1.29, 1.82) is 0 Å². The van der Waals surface area contributed by atoms with Crippen LogP contribution in [0.25, 0.3) is 0 Å². The van der Waals surface area contributed by atoms with E-state index in [4.69, 9.17) is 5.11 Å². The minimum atomic E-state index is -3.71. The predicted molar refractivity (Wildman–Crippen MR) is 82.6 cm³/mol. The average Bonchev–Trinajstić information content (AvgIpc) is 2.55. The smallest absolute Gasteiger partial charge is 0.258 e. The second-order valence-corrected chi connectivity index (χ2v) is 7.05. The summed E-state index contributed by atoms with van der Waals surface area (Å²) in [4.78, 5) is 3.98. The van der Waals surface area contributed by atoms with Crippen LogP contribution in [-0.4, -0.2) is 18.5 Å². The molecule has 1 unspecified atom stereocenters. The summed E-state index contributed by atoms with van der Waals surface area (Å²) in [7, 11) is -3.71. The number of fused-ring (bicyclic) bond motifs is 1. The quantitative estimate of drug-likeness (QED) is 0.903. The van der Waals surface area contributed by atoms with Gasteiger partial charge in [0.05, 0.1) is 12.3 Å². The Bertz CT molecular complexity index is 774. The molecule has 116 valence electrons. The van der Waals surface area contributed by atoms with Gasteiger partial charge in [-0.05, 0) is 42.5 Å². The summed E-state index contributed by atoms with van der Waals surface area (Å²) in [6.07, 6.45) is 2.71. The molecule has 2 aromatic rings. The Labute approximate surface area is 130 Å². The van der Waals surface area contributed by atoms with E-state index in [1.165, 1.54) is 11.6 Å². The predicted octanol–water partition coefficient (Wildman–Crippen LogP) is 1.93. The molecule has 1 atom stereocenters. The van der Waals surface area contributed by atoms with Gasteiger partial charge in [-0.2, -0.15) is 0 Å². The fourth-order valence-corrected chi connectivity index (χ4v) is 4.05. The second-order valence-electron chi connectivity index (χ2n) is 5.39. The summed E-state index contributed by atoms with van der Waals surface area (Å²) in [5.41, 5.74) is 2.57. The van der Waals surface area contributed by atoms with Crippen LogP contribution in [0.15, 0.2) is 47.5 Å². The van der Waals surface area contributed by atoms with Gasteiger partial charge in [0.2, 0.25) is 0 Å². The van der Waals surface area contributed by atoms with Crippen LogP contribution in [0.4, 0.5) is 0 Å². The van der Waals surface area contributed by atoms with Crippen LogP contribution in [0.3, 0.4) is 0 Å². The van der Waals surface area contributed by atoms with Gasteiger partial charge in [-0.1, -0.05) is 30.3 Å². The maximum Gasteiger partial charge on any atom is 0.258 e. The zero-order valence-corrected chi connectivity index (χ0v) is 12.9. The van der Waals surface area contributed by atoms with Crippen molar-refractivity contribution in [3.8, 4) is 0 Å². The van der Waals surface area contributed by atoms with E-state index in [1.807, 2.05) is 24.3 Å². The molecule has 0 spiro atoms. The van der Waals surface area contributed by atoms with Crippen molar-refractivity contribution in [1.82, 2.24) is 9.71 Å². The summed E-state index contributed by atoms with van der Waals surface area (Å²) in [6, 6.07) is 12.3. The van der Waals surface area contributed by atoms with E-state index in [-0.39, 0.29) is 17.7 Å². The van der Waals surface area contributed by atoms with Crippen LogP contribution in [0.1, 0.15) is 35.7 Å². The molecular formula is C16H18N2O3S. The van der Waals surface area contributed by atoms with E-state index in [0.29, 0.717) is 5.69 Å². The van der Waals surface area contributed by atoms with E-state index < -0.39 is 10.0 Å². The van der Waals surface area contributed by atoms with Crippen molar-refractivity contribution in [3.63, 3.8) is 0 Å².